The van der Waals surface area contributed by atoms with E-state index in [1.54, 1.807) is 25.4 Å². The van der Waals surface area contributed by atoms with Gasteiger partial charge in [-0.25, -0.2) is 4.68 Å². The van der Waals surface area contributed by atoms with Crippen molar-refractivity contribution in [3.8, 4) is 22.7 Å². The Kier molecular flexibility index (Phi) is 7.39. The largest absolute Gasteiger partial charge is 0.496 e. The fourth-order valence-electron chi connectivity index (χ4n) is 4.42. The maximum Gasteiger partial charge on any atom is 0.419 e. The second kappa shape index (κ2) is 10.9. The number of pyridine rings is 2. The summed E-state index contributed by atoms with van der Waals surface area (Å²) in [6, 6.07) is 6.79. The molecule has 1 amide bonds. The number of benzene rings is 1. The first kappa shape index (κ1) is 27.1. The quantitative estimate of drug-likeness (QED) is 0.382. The Labute approximate surface area is 228 Å². The Morgan fingerprint density at radius 2 is 1.82 bits per heavy atom. The Morgan fingerprint density at radius 3 is 2.55 bits per heavy atom. The summed E-state index contributed by atoms with van der Waals surface area (Å²) in [4.78, 5) is 26.1. The number of likely N-dealkylation sites (N-methyl/N-ethyl adjacent to an activating group) is 1. The average molecular weight is 553 g/mol. The molecule has 10 nitrogen and oxygen atoms in total. The second-order valence-corrected chi connectivity index (χ2v) is 9.47. The van der Waals surface area contributed by atoms with E-state index in [0.29, 0.717) is 17.1 Å². The minimum absolute atomic E-state index is 0.175. The van der Waals surface area contributed by atoms with Crippen LogP contribution >= 0.6 is 0 Å². The van der Waals surface area contributed by atoms with Crippen molar-refractivity contribution >= 4 is 17.3 Å². The lowest BCUT2D eigenvalue weighted by Gasteiger charge is -2.33. The number of alkyl halides is 3. The normalized spacial score (nSPS) is 14.3. The van der Waals surface area contributed by atoms with Crippen LogP contribution in [0.3, 0.4) is 0 Å². The predicted molar refractivity (Wildman–Crippen MR) is 143 cm³/mol. The molecule has 1 aliphatic heterocycles. The van der Waals surface area contributed by atoms with Crippen LogP contribution in [0.2, 0.25) is 0 Å². The van der Waals surface area contributed by atoms with Gasteiger partial charge in [-0.15, -0.1) is 5.10 Å². The number of halogens is 3. The lowest BCUT2D eigenvalue weighted by atomic mass is 10.1. The highest BCUT2D eigenvalue weighted by Crippen LogP contribution is 2.37. The van der Waals surface area contributed by atoms with E-state index in [9.17, 15) is 18.0 Å². The average Bonchev–Trinajstić information content (AvgIpc) is 3.44. The molecule has 0 bridgehead atoms. The van der Waals surface area contributed by atoms with Crippen LogP contribution in [0.4, 0.5) is 24.5 Å². The third kappa shape index (κ3) is 5.73. The molecule has 0 atom stereocenters. The van der Waals surface area contributed by atoms with Crippen molar-refractivity contribution in [3.05, 3.63) is 71.9 Å². The van der Waals surface area contributed by atoms with Crippen LogP contribution in [0, 0.1) is 6.92 Å². The van der Waals surface area contributed by atoms with Crippen LogP contribution < -0.4 is 15.0 Å². The number of aryl methyl sites for hydroxylation is 1. The standard InChI is InChI=1S/C27H27F3N8O2/c1-17-24(12-20(14-32-17)33-26(39)18-4-5-25(40-3)22(11-18)27(28,29)30)38-16-23(34-35-38)19-10-21(15-31-13-19)37-8-6-36(2)7-9-37/h4-5,10-16H,6-9H2,1-3H3,(H,33,39). The predicted octanol–water partition coefficient (Wildman–Crippen LogP) is 4.06. The van der Waals surface area contributed by atoms with Gasteiger partial charge in [0.2, 0.25) is 0 Å². The fourth-order valence-corrected chi connectivity index (χ4v) is 4.42. The Morgan fingerprint density at radius 1 is 1.05 bits per heavy atom. The van der Waals surface area contributed by atoms with Crippen molar-refractivity contribution in [2.75, 3.05) is 50.6 Å². The van der Waals surface area contributed by atoms with Crippen LogP contribution in [0.15, 0.2) is 55.1 Å². The van der Waals surface area contributed by atoms with Gasteiger partial charge in [0.25, 0.3) is 5.91 Å². The molecule has 13 heteroatoms. The number of ether oxygens (including phenoxy) is 1. The number of hydrogen-bond acceptors (Lipinski definition) is 8. The van der Waals surface area contributed by atoms with Gasteiger partial charge in [0.15, 0.2) is 0 Å². The summed E-state index contributed by atoms with van der Waals surface area (Å²) in [5.41, 5.74) is 2.65. The number of anilines is 2. The summed E-state index contributed by atoms with van der Waals surface area (Å²) in [7, 11) is 3.24. The van der Waals surface area contributed by atoms with Gasteiger partial charge in [-0.1, -0.05) is 5.21 Å². The number of piperazine rings is 1. The fraction of sp³-hybridized carbons (Fsp3) is 0.296. The third-order valence-electron chi connectivity index (χ3n) is 6.71. The highest BCUT2D eigenvalue weighted by Gasteiger charge is 2.35. The molecular formula is C27H27F3N8O2. The molecule has 208 valence electrons. The van der Waals surface area contributed by atoms with Crippen molar-refractivity contribution in [1.29, 1.82) is 0 Å². The van der Waals surface area contributed by atoms with Crippen molar-refractivity contribution < 1.29 is 22.7 Å². The van der Waals surface area contributed by atoms with Crippen LogP contribution in [-0.4, -0.2) is 76.1 Å². The maximum atomic E-state index is 13.4. The number of rotatable bonds is 6. The first-order valence-electron chi connectivity index (χ1n) is 12.5. The first-order valence-corrected chi connectivity index (χ1v) is 12.5. The van der Waals surface area contributed by atoms with Gasteiger partial charge in [-0.05, 0) is 44.3 Å². The molecule has 0 unspecified atom stereocenters. The molecule has 40 heavy (non-hydrogen) atoms. The zero-order valence-corrected chi connectivity index (χ0v) is 22.1. The van der Waals surface area contributed by atoms with Crippen LogP contribution in [-0.2, 0) is 6.18 Å². The number of nitrogens with zero attached hydrogens (tertiary/aromatic N) is 7. The molecule has 1 saturated heterocycles. The topological polar surface area (TPSA) is 101 Å². The molecule has 1 aromatic carbocycles. The molecule has 1 aliphatic rings. The van der Waals surface area contributed by atoms with E-state index in [1.807, 2.05) is 12.3 Å². The SMILES string of the molecule is COc1ccc(C(=O)Nc2cnc(C)c(-n3cc(-c4cncc(N5CCN(C)CC5)c4)nn3)c2)cc1C(F)(F)F. The smallest absolute Gasteiger partial charge is 0.419 e. The number of methoxy groups -OCH3 is 1. The second-order valence-electron chi connectivity index (χ2n) is 9.47. The summed E-state index contributed by atoms with van der Waals surface area (Å²) in [6.45, 7) is 5.54. The van der Waals surface area contributed by atoms with Gasteiger partial charge < -0.3 is 19.9 Å². The molecule has 4 heterocycles. The molecule has 1 fully saturated rings. The summed E-state index contributed by atoms with van der Waals surface area (Å²) < 4.78 is 46.5. The van der Waals surface area contributed by atoms with Crippen molar-refractivity contribution in [1.82, 2.24) is 29.9 Å². The molecular weight excluding hydrogens is 525 g/mol. The molecule has 5 rings (SSSR count). The van der Waals surface area contributed by atoms with Crippen molar-refractivity contribution in [2.24, 2.45) is 0 Å². The van der Waals surface area contributed by atoms with Gasteiger partial charge in [0.1, 0.15) is 11.4 Å². The molecule has 0 aliphatic carbocycles. The van der Waals surface area contributed by atoms with Gasteiger partial charge >= 0.3 is 6.18 Å². The van der Waals surface area contributed by atoms with Crippen LogP contribution in [0.25, 0.3) is 16.9 Å². The highest BCUT2D eigenvalue weighted by atomic mass is 19.4. The zero-order valence-electron chi connectivity index (χ0n) is 22.1. The van der Waals surface area contributed by atoms with E-state index >= 15 is 0 Å². The van der Waals surface area contributed by atoms with E-state index in [-0.39, 0.29) is 17.0 Å². The van der Waals surface area contributed by atoms with Crippen LogP contribution in [0.1, 0.15) is 21.6 Å². The Bertz CT molecular complexity index is 1530. The van der Waals surface area contributed by atoms with Gasteiger partial charge in [0, 0.05) is 43.5 Å². The molecule has 0 radical (unpaired) electrons. The minimum Gasteiger partial charge on any atom is -0.496 e. The summed E-state index contributed by atoms with van der Waals surface area (Å²) >= 11 is 0. The molecule has 1 N–H and O–H groups in total. The van der Waals surface area contributed by atoms with E-state index in [0.717, 1.165) is 56.7 Å². The van der Waals surface area contributed by atoms with Crippen molar-refractivity contribution in [2.45, 2.75) is 13.1 Å². The van der Waals surface area contributed by atoms with E-state index in [4.69, 9.17) is 4.74 Å². The van der Waals surface area contributed by atoms with E-state index in [2.05, 4.69) is 42.4 Å². The number of carbonyl (C=O) groups excluding carboxylic acids is 1. The van der Waals surface area contributed by atoms with E-state index in [1.165, 1.54) is 16.9 Å². The van der Waals surface area contributed by atoms with Crippen molar-refractivity contribution in [3.63, 3.8) is 0 Å². The van der Waals surface area contributed by atoms with Crippen LogP contribution in [0.5, 0.6) is 5.75 Å². The molecule has 4 aromatic rings. The first-order chi connectivity index (χ1) is 19.1. The summed E-state index contributed by atoms with van der Waals surface area (Å²) in [5.74, 6) is -1.09. The van der Waals surface area contributed by atoms with Gasteiger partial charge in [-0.2, -0.15) is 13.2 Å². The Hall–Kier alpha value is -4.52. The number of carbonyl (C=O) groups is 1. The molecule has 3 aromatic heterocycles. The number of aromatic nitrogens is 5. The number of nitrogens with one attached hydrogen (secondary N) is 1. The summed E-state index contributed by atoms with van der Waals surface area (Å²) in [5, 5.41) is 11.1. The molecule has 0 saturated carbocycles. The lowest BCUT2D eigenvalue weighted by molar-refractivity contribution is -0.138. The lowest BCUT2D eigenvalue weighted by Crippen LogP contribution is -2.44. The number of amides is 1. The third-order valence-corrected chi connectivity index (χ3v) is 6.71. The maximum absolute atomic E-state index is 13.4. The zero-order chi connectivity index (χ0) is 28.4. The Balaban J connectivity index is 1.36. The monoisotopic (exact) mass is 552 g/mol. The highest BCUT2D eigenvalue weighted by molar-refractivity contribution is 6.04. The number of hydrogen-bond donors (Lipinski definition) is 1. The van der Waals surface area contributed by atoms with Gasteiger partial charge in [-0.3, -0.25) is 14.8 Å². The van der Waals surface area contributed by atoms with E-state index < -0.39 is 17.6 Å². The summed E-state index contributed by atoms with van der Waals surface area (Å²) in [6.07, 6.45) is 2.04. The van der Waals surface area contributed by atoms with Gasteiger partial charge in [0.05, 0.1) is 54.0 Å². The minimum atomic E-state index is -4.68. The molecule has 0 spiro atoms.